The summed E-state index contributed by atoms with van der Waals surface area (Å²) < 4.78 is 19.0. The number of imidazole rings is 1. The predicted molar refractivity (Wildman–Crippen MR) is 141 cm³/mol. The molecule has 0 spiro atoms. The molecule has 4 aromatic rings. The van der Waals surface area contributed by atoms with Gasteiger partial charge in [-0.25, -0.2) is 4.98 Å². The van der Waals surface area contributed by atoms with Crippen molar-refractivity contribution in [1.82, 2.24) is 14.9 Å². The van der Waals surface area contributed by atoms with Crippen LogP contribution in [0.1, 0.15) is 28.2 Å². The van der Waals surface area contributed by atoms with Gasteiger partial charge in [0.1, 0.15) is 11.6 Å². The van der Waals surface area contributed by atoms with Gasteiger partial charge < -0.3 is 24.1 Å². The number of aromatic nitrogens is 2. The lowest BCUT2D eigenvalue weighted by Crippen LogP contribution is -2.25. The summed E-state index contributed by atoms with van der Waals surface area (Å²) in [7, 11) is 3.20. The molecule has 0 atom stereocenters. The Balaban J connectivity index is 1.43. The summed E-state index contributed by atoms with van der Waals surface area (Å²) in [5.41, 5.74) is 3.52. The monoisotopic (exact) mass is 485 g/mol. The Kier molecular flexibility index (Phi) is 8.24. The average Bonchev–Trinajstić information content (AvgIpc) is 3.27. The number of allylic oxidation sites excluding steroid dienone is 1. The number of benzene rings is 3. The van der Waals surface area contributed by atoms with E-state index in [1.807, 2.05) is 60.7 Å². The molecular formula is C29H31N3O4. The quantitative estimate of drug-likeness (QED) is 0.221. The summed E-state index contributed by atoms with van der Waals surface area (Å²) >= 11 is 0. The van der Waals surface area contributed by atoms with Gasteiger partial charge >= 0.3 is 0 Å². The van der Waals surface area contributed by atoms with Gasteiger partial charge in [-0.15, -0.1) is 6.58 Å². The van der Waals surface area contributed by atoms with E-state index < -0.39 is 0 Å². The highest BCUT2D eigenvalue weighted by molar-refractivity contribution is 5.96. The van der Waals surface area contributed by atoms with E-state index >= 15 is 0 Å². The number of nitrogens with one attached hydrogen (secondary N) is 1. The molecule has 0 saturated carbocycles. The molecule has 0 aliphatic heterocycles. The van der Waals surface area contributed by atoms with Crippen LogP contribution in [0.2, 0.25) is 0 Å². The second kappa shape index (κ2) is 11.9. The maximum Gasteiger partial charge on any atom is 0.255 e. The molecule has 7 nitrogen and oxygen atoms in total. The van der Waals surface area contributed by atoms with Crippen molar-refractivity contribution in [2.75, 3.05) is 20.8 Å². The zero-order chi connectivity index (χ0) is 25.3. The number of aryl methyl sites for hydroxylation is 1. The first-order chi connectivity index (χ1) is 17.6. The van der Waals surface area contributed by atoms with Crippen molar-refractivity contribution in [3.8, 4) is 17.2 Å². The fourth-order valence-electron chi connectivity index (χ4n) is 4.13. The van der Waals surface area contributed by atoms with E-state index in [4.69, 9.17) is 19.2 Å². The highest BCUT2D eigenvalue weighted by Gasteiger charge is 2.15. The number of hydrogen-bond donors (Lipinski definition) is 1. The second-order valence-corrected chi connectivity index (χ2v) is 8.23. The predicted octanol–water partition coefficient (Wildman–Crippen LogP) is 5.18. The van der Waals surface area contributed by atoms with Crippen LogP contribution in [0.25, 0.3) is 11.0 Å². The molecular weight excluding hydrogens is 454 g/mol. The van der Waals surface area contributed by atoms with Gasteiger partial charge in [-0.3, -0.25) is 4.79 Å². The molecule has 0 saturated heterocycles. The van der Waals surface area contributed by atoms with Crippen LogP contribution >= 0.6 is 0 Å². The molecule has 0 bridgehead atoms. The van der Waals surface area contributed by atoms with Crippen LogP contribution in [0.3, 0.4) is 0 Å². The normalized spacial score (nSPS) is 10.7. The number of rotatable bonds is 12. The van der Waals surface area contributed by atoms with Crippen molar-refractivity contribution >= 4 is 16.9 Å². The van der Waals surface area contributed by atoms with Crippen molar-refractivity contribution in [1.29, 1.82) is 0 Å². The van der Waals surface area contributed by atoms with Gasteiger partial charge in [0.2, 0.25) is 0 Å². The molecule has 1 aromatic heterocycles. The van der Waals surface area contributed by atoms with E-state index in [2.05, 4.69) is 16.5 Å². The van der Waals surface area contributed by atoms with Gasteiger partial charge in [-0.2, -0.15) is 0 Å². The summed E-state index contributed by atoms with van der Waals surface area (Å²) in [6, 6.07) is 21.1. The summed E-state index contributed by atoms with van der Waals surface area (Å²) in [5.74, 6) is 2.54. The Labute approximate surface area is 211 Å². The maximum atomic E-state index is 12.8. The first kappa shape index (κ1) is 24.9. The number of hydrogen-bond acceptors (Lipinski definition) is 5. The number of para-hydroxylation sites is 3. The summed E-state index contributed by atoms with van der Waals surface area (Å²) in [6.07, 6.45) is 3.40. The number of carbonyl (C=O) groups is 1. The third-order valence-electron chi connectivity index (χ3n) is 5.88. The number of methoxy groups -OCH3 is 2. The molecule has 0 unspecified atom stereocenters. The van der Waals surface area contributed by atoms with Crippen molar-refractivity contribution < 1.29 is 19.0 Å². The lowest BCUT2D eigenvalue weighted by Gasteiger charge is -2.14. The van der Waals surface area contributed by atoms with Crippen LogP contribution in [0, 0.1) is 0 Å². The highest BCUT2D eigenvalue weighted by atomic mass is 16.5. The van der Waals surface area contributed by atoms with E-state index in [9.17, 15) is 4.79 Å². The molecule has 1 amide bonds. The fraction of sp³-hybridized carbons (Fsp3) is 0.241. The number of fused-ring (bicyclic) bond motifs is 1. The number of carbonyl (C=O) groups excluding carboxylic acids is 1. The van der Waals surface area contributed by atoms with E-state index in [-0.39, 0.29) is 5.91 Å². The van der Waals surface area contributed by atoms with Crippen molar-refractivity contribution in [3.63, 3.8) is 0 Å². The van der Waals surface area contributed by atoms with Crippen LogP contribution < -0.4 is 19.5 Å². The molecule has 1 heterocycles. The van der Waals surface area contributed by atoms with Crippen LogP contribution in [-0.2, 0) is 19.5 Å². The first-order valence-electron chi connectivity index (χ1n) is 11.9. The molecule has 1 N–H and O–H groups in total. The average molecular weight is 486 g/mol. The Hall–Kier alpha value is -4.26. The van der Waals surface area contributed by atoms with Crippen LogP contribution in [-0.4, -0.2) is 36.3 Å². The van der Waals surface area contributed by atoms with Crippen LogP contribution in [0.5, 0.6) is 17.2 Å². The SMILES string of the molecule is C=CCc1ccc(OCCCn2c(CNC(=O)c3ccccc3OC)nc3ccccc32)c(OC)c1. The van der Waals surface area contributed by atoms with E-state index in [0.717, 1.165) is 35.3 Å². The molecule has 4 rings (SSSR count). The topological polar surface area (TPSA) is 74.6 Å². The van der Waals surface area contributed by atoms with Gasteiger partial charge in [0.15, 0.2) is 11.5 Å². The smallest absolute Gasteiger partial charge is 0.255 e. The fourth-order valence-corrected chi connectivity index (χ4v) is 4.13. The van der Waals surface area contributed by atoms with Gasteiger partial charge in [0.05, 0.1) is 44.0 Å². The van der Waals surface area contributed by atoms with Gasteiger partial charge in [-0.1, -0.05) is 36.4 Å². The lowest BCUT2D eigenvalue weighted by atomic mass is 10.1. The molecule has 36 heavy (non-hydrogen) atoms. The number of nitrogens with zero attached hydrogens (tertiary/aromatic N) is 2. The summed E-state index contributed by atoms with van der Waals surface area (Å²) in [5, 5.41) is 2.98. The lowest BCUT2D eigenvalue weighted by molar-refractivity contribution is 0.0946. The molecule has 0 aliphatic carbocycles. The summed E-state index contributed by atoms with van der Waals surface area (Å²) in [4.78, 5) is 17.6. The Morgan fingerprint density at radius 1 is 1.00 bits per heavy atom. The molecule has 0 aliphatic rings. The van der Waals surface area contributed by atoms with Crippen molar-refractivity contribution in [2.45, 2.75) is 25.9 Å². The maximum absolute atomic E-state index is 12.8. The highest BCUT2D eigenvalue weighted by Crippen LogP contribution is 2.28. The van der Waals surface area contributed by atoms with E-state index in [0.29, 0.717) is 42.5 Å². The Bertz CT molecular complexity index is 1350. The zero-order valence-corrected chi connectivity index (χ0v) is 20.7. The molecule has 7 heteroatoms. The zero-order valence-electron chi connectivity index (χ0n) is 20.7. The molecule has 0 fully saturated rings. The molecule has 3 aromatic carbocycles. The van der Waals surface area contributed by atoms with Crippen molar-refractivity contribution in [3.05, 3.63) is 96.3 Å². The Morgan fingerprint density at radius 2 is 1.78 bits per heavy atom. The van der Waals surface area contributed by atoms with E-state index in [1.54, 1.807) is 26.4 Å². The van der Waals surface area contributed by atoms with Crippen LogP contribution in [0.4, 0.5) is 0 Å². The first-order valence-corrected chi connectivity index (χ1v) is 11.9. The van der Waals surface area contributed by atoms with Crippen molar-refractivity contribution in [2.24, 2.45) is 0 Å². The number of ether oxygens (including phenoxy) is 3. The minimum absolute atomic E-state index is 0.207. The minimum Gasteiger partial charge on any atom is -0.496 e. The molecule has 0 radical (unpaired) electrons. The molecule has 186 valence electrons. The van der Waals surface area contributed by atoms with Crippen LogP contribution in [0.15, 0.2) is 79.4 Å². The minimum atomic E-state index is -0.207. The summed E-state index contributed by atoms with van der Waals surface area (Å²) in [6.45, 7) is 5.28. The van der Waals surface area contributed by atoms with Gasteiger partial charge in [0, 0.05) is 6.54 Å². The third kappa shape index (κ3) is 5.68. The standard InChI is InChI=1S/C29H31N3O4/c1-4-10-21-15-16-26(27(19-21)35-3)36-18-9-17-32-24-13-7-6-12-23(24)31-28(32)20-30-29(33)22-11-5-8-14-25(22)34-2/h4-8,11-16,19H,1,9-10,17-18,20H2,2-3H3,(H,30,33). The largest absolute Gasteiger partial charge is 0.496 e. The third-order valence-corrected chi connectivity index (χ3v) is 5.88. The van der Waals surface area contributed by atoms with Gasteiger partial charge in [0.25, 0.3) is 5.91 Å². The van der Waals surface area contributed by atoms with Gasteiger partial charge in [-0.05, 0) is 54.8 Å². The second-order valence-electron chi connectivity index (χ2n) is 8.23. The Morgan fingerprint density at radius 3 is 2.58 bits per heavy atom. The number of amides is 1. The van der Waals surface area contributed by atoms with E-state index in [1.165, 1.54) is 0 Å².